The highest BCUT2D eigenvalue weighted by Crippen LogP contribution is 2.57. The Morgan fingerprint density at radius 2 is 0.325 bits per heavy atom. The molecule has 0 aliphatic heterocycles. The molecule has 19 rings (SSSR count). The molecule has 0 heteroatoms. The third-order valence-electron chi connectivity index (χ3n) is 25.2. The number of benzene rings is 18. The number of rotatable bonds is 12. The molecule has 0 nitrogen and oxygen atoms in total. The molecule has 0 saturated heterocycles. The molecule has 0 spiro atoms. The van der Waals surface area contributed by atoms with Crippen molar-refractivity contribution in [3.05, 3.63) is 421 Å². The first-order chi connectivity index (χ1) is 56.5. The normalized spacial score (nSPS) is 12.9. The SMILES string of the molecule is CC(C)(C)c1ccc(-c2cc(-c3ccc(C(C)(C)C)cc3)cc(-c3c4ccccc4c(-c4ccc(-c5ccc(C6(c7ccc(-c8ccc(-c9c%10ccccc%10c(-c%10cc(-c%11ccc(C(C)(C)C)cc%11)cc(-c%11ccc(C(C)(C)C)cc%11)c%10)c%10ccccc9%10)cc8)cc7)c7ccccc7-c7ccccc76)cc5)cc4)c4ccccc34)c2)cc1. The maximum Gasteiger partial charge on any atom is 0.0713 e. The lowest BCUT2D eigenvalue weighted by Crippen LogP contribution is -2.28. The van der Waals surface area contributed by atoms with Crippen LogP contribution in [0.15, 0.2) is 376 Å². The Hall–Kier alpha value is -13.0. The summed E-state index contributed by atoms with van der Waals surface area (Å²) in [4.78, 5) is 0. The van der Waals surface area contributed by atoms with Crippen molar-refractivity contribution in [2.24, 2.45) is 0 Å². The van der Waals surface area contributed by atoms with E-state index in [0.29, 0.717) is 0 Å². The molecular weight excluding hydrogens is 1410 g/mol. The third-order valence-corrected chi connectivity index (χ3v) is 25.2. The first-order valence-corrected chi connectivity index (χ1v) is 41.7. The second-order valence-corrected chi connectivity index (χ2v) is 36.7. The molecule has 0 amide bonds. The van der Waals surface area contributed by atoms with Gasteiger partial charge in [0.1, 0.15) is 0 Å². The summed E-state index contributed by atoms with van der Waals surface area (Å²) in [5, 5.41) is 9.88. The minimum Gasteiger partial charge on any atom is -0.0619 e. The fourth-order valence-corrected chi connectivity index (χ4v) is 18.9. The van der Waals surface area contributed by atoms with Crippen molar-refractivity contribution in [2.75, 3.05) is 0 Å². The summed E-state index contributed by atoms with van der Waals surface area (Å²) in [5.41, 5.74) is 36.7. The van der Waals surface area contributed by atoms with Gasteiger partial charge < -0.3 is 0 Å². The van der Waals surface area contributed by atoms with Crippen LogP contribution in [-0.2, 0) is 27.1 Å². The largest absolute Gasteiger partial charge is 0.0713 e. The Balaban J connectivity index is 0.656. The molecule has 0 N–H and O–H groups in total. The Labute approximate surface area is 691 Å². The van der Waals surface area contributed by atoms with E-state index >= 15 is 0 Å². The predicted molar refractivity (Wildman–Crippen MR) is 503 cm³/mol. The molecule has 0 heterocycles. The Kier molecular flexibility index (Phi) is 18.2. The molecule has 117 heavy (non-hydrogen) atoms. The van der Waals surface area contributed by atoms with Gasteiger partial charge in [-0.25, -0.2) is 0 Å². The van der Waals surface area contributed by atoms with Gasteiger partial charge in [-0.05, 0) is 268 Å². The fraction of sp³-hybridized carbons (Fsp3) is 0.145. The molecule has 0 aromatic heterocycles. The van der Waals surface area contributed by atoms with Crippen LogP contribution in [0.25, 0.3) is 165 Å². The van der Waals surface area contributed by atoms with Crippen LogP contribution >= 0.6 is 0 Å². The van der Waals surface area contributed by atoms with E-state index in [0.717, 1.165) is 0 Å². The zero-order valence-corrected chi connectivity index (χ0v) is 69.3. The van der Waals surface area contributed by atoms with Gasteiger partial charge in [-0.15, -0.1) is 0 Å². The highest BCUT2D eigenvalue weighted by Gasteiger charge is 2.46. The van der Waals surface area contributed by atoms with E-state index in [1.54, 1.807) is 0 Å². The summed E-state index contributed by atoms with van der Waals surface area (Å²) in [6.07, 6.45) is 0. The van der Waals surface area contributed by atoms with Crippen LogP contribution in [-0.4, -0.2) is 0 Å². The lowest BCUT2D eigenvalue weighted by atomic mass is 9.67. The molecule has 18 aromatic carbocycles. The number of hydrogen-bond acceptors (Lipinski definition) is 0. The first kappa shape index (κ1) is 74.1. The smallest absolute Gasteiger partial charge is 0.0619 e. The van der Waals surface area contributed by atoms with Gasteiger partial charge in [0.15, 0.2) is 0 Å². The molecule has 1 aliphatic carbocycles. The summed E-state index contributed by atoms with van der Waals surface area (Å²) >= 11 is 0. The Morgan fingerprint density at radius 3 is 0.556 bits per heavy atom. The van der Waals surface area contributed by atoms with Gasteiger partial charge in [0, 0.05) is 0 Å². The Bertz CT molecular complexity index is 6150. The summed E-state index contributed by atoms with van der Waals surface area (Å²) in [6, 6.07) is 144. The molecule has 0 fully saturated rings. The van der Waals surface area contributed by atoms with Crippen LogP contribution in [0, 0.1) is 0 Å². The second-order valence-electron chi connectivity index (χ2n) is 36.7. The van der Waals surface area contributed by atoms with Gasteiger partial charge in [0.05, 0.1) is 5.41 Å². The average Bonchev–Trinajstić information content (AvgIpc) is 1.61. The van der Waals surface area contributed by atoms with E-state index < -0.39 is 5.41 Å². The minimum absolute atomic E-state index is 0.0555. The molecule has 0 saturated carbocycles. The van der Waals surface area contributed by atoms with E-state index in [2.05, 4.69) is 459 Å². The molecule has 0 bridgehead atoms. The van der Waals surface area contributed by atoms with Gasteiger partial charge in [-0.1, -0.05) is 423 Å². The molecule has 18 aromatic rings. The molecule has 566 valence electrons. The van der Waals surface area contributed by atoms with Crippen LogP contribution in [0.5, 0.6) is 0 Å². The zero-order valence-electron chi connectivity index (χ0n) is 69.3. The maximum absolute atomic E-state index is 2.42. The van der Waals surface area contributed by atoms with Gasteiger partial charge in [0.2, 0.25) is 0 Å². The van der Waals surface area contributed by atoms with Crippen LogP contribution in [0.1, 0.15) is 128 Å². The van der Waals surface area contributed by atoms with Crippen LogP contribution < -0.4 is 0 Å². The minimum atomic E-state index is -0.572. The lowest BCUT2D eigenvalue weighted by molar-refractivity contribution is 0.590. The van der Waals surface area contributed by atoms with E-state index in [1.807, 2.05) is 0 Å². The maximum atomic E-state index is 2.42. The molecule has 1 aliphatic rings. The van der Waals surface area contributed by atoms with Crippen molar-refractivity contribution in [1.29, 1.82) is 0 Å². The van der Waals surface area contributed by atoms with Gasteiger partial charge in [0.25, 0.3) is 0 Å². The second kappa shape index (κ2) is 28.8. The summed E-state index contributed by atoms with van der Waals surface area (Å²) in [6.45, 7) is 27.5. The molecular formula is C117H98. The van der Waals surface area contributed by atoms with Crippen molar-refractivity contribution in [2.45, 2.75) is 110 Å². The van der Waals surface area contributed by atoms with Crippen LogP contribution in [0.4, 0.5) is 0 Å². The topological polar surface area (TPSA) is 0 Å². The van der Waals surface area contributed by atoms with Gasteiger partial charge in [-0.3, -0.25) is 0 Å². The van der Waals surface area contributed by atoms with E-state index in [9.17, 15) is 0 Å². The zero-order chi connectivity index (χ0) is 80.3. The number of hydrogen-bond donors (Lipinski definition) is 0. The predicted octanol–water partition coefficient (Wildman–Crippen LogP) is 32.5. The standard InChI is InChI=1S/C117H98/c1-113(2,3)91-57-45-79(46-58-91)85-69-86(80-47-59-92(60-48-80)114(4,5)6)72-89(71-85)111-103-31-17-13-27-99(103)109(100-28-14-18-32-104(100)111)83-41-37-75(38-42-83)77-53-65-95(66-54-77)117(107-35-23-21-25-97(107)98-26-22-24-36-108(98)117)96-67-55-78(56-68-96)76-39-43-84(44-40-76)110-101-29-15-19-33-105(101)112(106-34-20-16-30-102(106)110)90-73-87(81-49-61-93(62-50-81)115(7,8)9)70-88(74-90)82-51-63-94(64-52-82)116(10,11)12/h13-74H,1-12H3. The third kappa shape index (κ3) is 13.3. The summed E-state index contributed by atoms with van der Waals surface area (Å²) in [7, 11) is 0. The summed E-state index contributed by atoms with van der Waals surface area (Å²) in [5.74, 6) is 0. The van der Waals surface area contributed by atoms with Crippen LogP contribution in [0.2, 0.25) is 0 Å². The summed E-state index contributed by atoms with van der Waals surface area (Å²) < 4.78 is 0. The molecule has 0 atom stereocenters. The first-order valence-electron chi connectivity index (χ1n) is 41.7. The van der Waals surface area contributed by atoms with Gasteiger partial charge in [-0.2, -0.15) is 0 Å². The van der Waals surface area contributed by atoms with Gasteiger partial charge >= 0.3 is 0 Å². The van der Waals surface area contributed by atoms with Crippen molar-refractivity contribution >= 4 is 43.1 Å². The van der Waals surface area contributed by atoms with E-state index in [-0.39, 0.29) is 21.7 Å². The highest BCUT2D eigenvalue weighted by atomic mass is 14.5. The Morgan fingerprint density at radius 1 is 0.154 bits per heavy atom. The van der Waals surface area contributed by atoms with Crippen molar-refractivity contribution < 1.29 is 0 Å². The van der Waals surface area contributed by atoms with Crippen molar-refractivity contribution in [1.82, 2.24) is 0 Å². The van der Waals surface area contributed by atoms with E-state index in [4.69, 9.17) is 0 Å². The average molecular weight is 1500 g/mol. The van der Waals surface area contributed by atoms with E-state index in [1.165, 1.54) is 210 Å². The fourth-order valence-electron chi connectivity index (χ4n) is 18.9. The highest BCUT2D eigenvalue weighted by molar-refractivity contribution is 6.23. The van der Waals surface area contributed by atoms with Crippen LogP contribution in [0.3, 0.4) is 0 Å². The quantitative estimate of drug-likeness (QED) is 0.107. The number of fused-ring (bicyclic) bond motifs is 7. The van der Waals surface area contributed by atoms with Crippen molar-refractivity contribution in [3.8, 4) is 122 Å². The molecule has 0 radical (unpaired) electrons. The van der Waals surface area contributed by atoms with Crippen molar-refractivity contribution in [3.63, 3.8) is 0 Å². The molecule has 0 unspecified atom stereocenters. The lowest BCUT2D eigenvalue weighted by Gasteiger charge is -2.34. The monoisotopic (exact) mass is 1500 g/mol.